The average Bonchev–Trinajstić information content (AvgIpc) is 2.71. The van der Waals surface area contributed by atoms with Crippen LogP contribution in [-0.2, 0) is 0 Å². The number of carbonyl (C=O) groups is 1. The van der Waals surface area contributed by atoms with Crippen molar-refractivity contribution in [1.82, 2.24) is 9.88 Å². The maximum absolute atomic E-state index is 12.1. The summed E-state index contributed by atoms with van der Waals surface area (Å²) in [6.45, 7) is 0.881. The van der Waals surface area contributed by atoms with Crippen molar-refractivity contribution in [2.45, 2.75) is 6.10 Å². The summed E-state index contributed by atoms with van der Waals surface area (Å²) >= 11 is 0. The van der Waals surface area contributed by atoms with Gasteiger partial charge in [-0.3, -0.25) is 4.79 Å². The van der Waals surface area contributed by atoms with Crippen LogP contribution in [-0.4, -0.2) is 40.1 Å². The highest BCUT2D eigenvalue weighted by Crippen LogP contribution is 2.20. The molecule has 16 heavy (non-hydrogen) atoms. The minimum absolute atomic E-state index is 0.0154. The zero-order chi connectivity index (χ0) is 11.1. The minimum atomic E-state index is -0.355. The van der Waals surface area contributed by atoms with Gasteiger partial charge in [0, 0.05) is 24.7 Å². The molecule has 1 aromatic carbocycles. The first kappa shape index (κ1) is 9.42. The molecule has 1 saturated heterocycles. The fraction of sp³-hybridized carbons (Fsp3) is 0.250. The standard InChI is InChI=1S/C12H12N2O2/c15-9-6-14(7-9)12(16)10-3-1-2-8-4-5-13-11(8)10/h1-5,9,13,15H,6-7H2. The van der Waals surface area contributed by atoms with Crippen LogP contribution >= 0.6 is 0 Å². The van der Waals surface area contributed by atoms with Gasteiger partial charge in [0.25, 0.3) is 5.91 Å². The fourth-order valence-corrected chi connectivity index (χ4v) is 2.05. The van der Waals surface area contributed by atoms with Crippen LogP contribution in [0.15, 0.2) is 30.5 Å². The fourth-order valence-electron chi connectivity index (χ4n) is 2.05. The number of amides is 1. The first-order chi connectivity index (χ1) is 7.75. The highest BCUT2D eigenvalue weighted by atomic mass is 16.3. The molecule has 1 aliphatic heterocycles. The first-order valence-corrected chi connectivity index (χ1v) is 5.29. The lowest BCUT2D eigenvalue weighted by Gasteiger charge is -2.35. The van der Waals surface area contributed by atoms with Gasteiger partial charge < -0.3 is 15.0 Å². The number of hydrogen-bond donors (Lipinski definition) is 2. The third-order valence-electron chi connectivity index (χ3n) is 2.97. The third-order valence-corrected chi connectivity index (χ3v) is 2.97. The maximum Gasteiger partial charge on any atom is 0.256 e. The lowest BCUT2D eigenvalue weighted by atomic mass is 10.1. The second-order valence-electron chi connectivity index (χ2n) is 4.11. The molecule has 1 amide bonds. The van der Waals surface area contributed by atoms with Crippen LogP contribution in [0.2, 0.25) is 0 Å². The molecule has 0 radical (unpaired) electrons. The molecule has 1 fully saturated rings. The first-order valence-electron chi connectivity index (χ1n) is 5.29. The van der Waals surface area contributed by atoms with E-state index in [-0.39, 0.29) is 12.0 Å². The van der Waals surface area contributed by atoms with Gasteiger partial charge in [-0.15, -0.1) is 0 Å². The van der Waals surface area contributed by atoms with Crippen LogP contribution in [0.1, 0.15) is 10.4 Å². The molecule has 2 heterocycles. The van der Waals surface area contributed by atoms with E-state index in [1.54, 1.807) is 4.90 Å². The number of hydrogen-bond acceptors (Lipinski definition) is 2. The number of aromatic amines is 1. The number of H-pyrrole nitrogens is 1. The Morgan fingerprint density at radius 1 is 1.38 bits per heavy atom. The highest BCUT2D eigenvalue weighted by molar-refractivity contribution is 6.05. The van der Waals surface area contributed by atoms with Gasteiger partial charge in [-0.25, -0.2) is 0 Å². The molecule has 4 heteroatoms. The molecule has 0 spiro atoms. The smallest absolute Gasteiger partial charge is 0.256 e. The molecule has 82 valence electrons. The second-order valence-corrected chi connectivity index (χ2v) is 4.11. The number of aliphatic hydroxyl groups excluding tert-OH is 1. The van der Waals surface area contributed by atoms with Gasteiger partial charge in [0.05, 0.1) is 17.2 Å². The topological polar surface area (TPSA) is 56.3 Å². The summed E-state index contributed by atoms with van der Waals surface area (Å²) in [4.78, 5) is 16.8. The van der Waals surface area contributed by atoms with Crippen molar-refractivity contribution in [2.75, 3.05) is 13.1 Å². The van der Waals surface area contributed by atoms with Gasteiger partial charge in [0.2, 0.25) is 0 Å². The molecule has 0 saturated carbocycles. The van der Waals surface area contributed by atoms with E-state index in [2.05, 4.69) is 4.98 Å². The van der Waals surface area contributed by atoms with Gasteiger partial charge in [0.15, 0.2) is 0 Å². The van der Waals surface area contributed by atoms with E-state index in [9.17, 15) is 9.90 Å². The second kappa shape index (κ2) is 3.35. The number of aromatic nitrogens is 1. The lowest BCUT2D eigenvalue weighted by Crippen LogP contribution is -2.53. The largest absolute Gasteiger partial charge is 0.389 e. The van der Waals surface area contributed by atoms with E-state index < -0.39 is 0 Å². The molecule has 2 N–H and O–H groups in total. The lowest BCUT2D eigenvalue weighted by molar-refractivity contribution is 0.00601. The summed E-state index contributed by atoms with van der Waals surface area (Å²) in [6.07, 6.45) is 1.47. The number of fused-ring (bicyclic) bond motifs is 1. The van der Waals surface area contributed by atoms with Crippen LogP contribution in [0.5, 0.6) is 0 Å². The van der Waals surface area contributed by atoms with Gasteiger partial charge in [-0.05, 0) is 12.1 Å². The molecule has 0 unspecified atom stereocenters. The van der Waals surface area contributed by atoms with Gasteiger partial charge in [-0.2, -0.15) is 0 Å². The number of likely N-dealkylation sites (tertiary alicyclic amines) is 1. The van der Waals surface area contributed by atoms with E-state index in [1.165, 1.54) is 0 Å². The van der Waals surface area contributed by atoms with Gasteiger partial charge >= 0.3 is 0 Å². The van der Waals surface area contributed by atoms with Crippen molar-refractivity contribution in [1.29, 1.82) is 0 Å². The van der Waals surface area contributed by atoms with Crippen molar-refractivity contribution in [2.24, 2.45) is 0 Å². The summed E-state index contributed by atoms with van der Waals surface area (Å²) in [7, 11) is 0. The molecule has 3 rings (SSSR count). The number of para-hydroxylation sites is 1. The van der Waals surface area contributed by atoms with Crippen LogP contribution in [0.4, 0.5) is 0 Å². The van der Waals surface area contributed by atoms with E-state index in [0.29, 0.717) is 18.7 Å². The molecule has 1 aromatic heterocycles. The summed E-state index contributed by atoms with van der Waals surface area (Å²) in [5.41, 5.74) is 1.54. The SMILES string of the molecule is O=C(c1cccc2cc[nH]c12)N1CC(O)C1. The quantitative estimate of drug-likeness (QED) is 0.746. The molecular formula is C12H12N2O2. The Labute approximate surface area is 92.5 Å². The molecular weight excluding hydrogens is 204 g/mol. The van der Waals surface area contributed by atoms with Crippen molar-refractivity contribution in [3.63, 3.8) is 0 Å². The predicted molar refractivity (Wildman–Crippen MR) is 60.2 cm³/mol. The number of nitrogens with zero attached hydrogens (tertiary/aromatic N) is 1. The number of β-amino-alcohol motifs (C(OH)–C–C–N with tert-alkyl or cyclic N) is 1. The molecule has 2 aromatic rings. The summed E-state index contributed by atoms with van der Waals surface area (Å²) in [5, 5.41) is 10.2. The summed E-state index contributed by atoms with van der Waals surface area (Å²) in [5.74, 6) is -0.0154. The third kappa shape index (κ3) is 1.31. The van der Waals surface area contributed by atoms with Crippen molar-refractivity contribution >= 4 is 16.8 Å². The minimum Gasteiger partial charge on any atom is -0.389 e. The number of nitrogens with one attached hydrogen (secondary N) is 1. The Kier molecular flexibility index (Phi) is 1.97. The predicted octanol–water partition coefficient (Wildman–Crippen LogP) is 0.985. The Balaban J connectivity index is 1.99. The Morgan fingerprint density at radius 2 is 2.19 bits per heavy atom. The number of benzene rings is 1. The van der Waals surface area contributed by atoms with E-state index in [0.717, 1.165) is 10.9 Å². The van der Waals surface area contributed by atoms with Gasteiger partial charge in [-0.1, -0.05) is 12.1 Å². The van der Waals surface area contributed by atoms with Crippen LogP contribution in [0, 0.1) is 0 Å². The average molecular weight is 216 g/mol. The Bertz CT molecular complexity index is 541. The van der Waals surface area contributed by atoms with E-state index >= 15 is 0 Å². The monoisotopic (exact) mass is 216 g/mol. The molecule has 0 atom stereocenters. The van der Waals surface area contributed by atoms with Crippen molar-refractivity contribution in [3.05, 3.63) is 36.0 Å². The van der Waals surface area contributed by atoms with Crippen LogP contribution in [0.3, 0.4) is 0 Å². The van der Waals surface area contributed by atoms with Crippen LogP contribution in [0.25, 0.3) is 10.9 Å². The molecule has 0 aliphatic carbocycles. The molecule has 4 nitrogen and oxygen atoms in total. The summed E-state index contributed by atoms with van der Waals surface area (Å²) in [6, 6.07) is 7.59. The van der Waals surface area contributed by atoms with Crippen molar-refractivity contribution in [3.8, 4) is 0 Å². The number of aliphatic hydroxyl groups is 1. The Morgan fingerprint density at radius 3 is 2.94 bits per heavy atom. The summed E-state index contributed by atoms with van der Waals surface area (Å²) < 4.78 is 0. The maximum atomic E-state index is 12.1. The number of carbonyl (C=O) groups excluding carboxylic acids is 1. The zero-order valence-electron chi connectivity index (χ0n) is 8.68. The normalized spacial score (nSPS) is 16.4. The van der Waals surface area contributed by atoms with Gasteiger partial charge in [0.1, 0.15) is 0 Å². The number of rotatable bonds is 1. The molecule has 1 aliphatic rings. The van der Waals surface area contributed by atoms with E-state index in [4.69, 9.17) is 0 Å². The highest BCUT2D eigenvalue weighted by Gasteiger charge is 2.30. The zero-order valence-corrected chi connectivity index (χ0v) is 8.68. The Hall–Kier alpha value is -1.81. The van der Waals surface area contributed by atoms with E-state index in [1.807, 2.05) is 30.5 Å². The van der Waals surface area contributed by atoms with Crippen molar-refractivity contribution < 1.29 is 9.90 Å². The van der Waals surface area contributed by atoms with Crippen LogP contribution < -0.4 is 0 Å². The molecule has 0 bridgehead atoms.